The summed E-state index contributed by atoms with van der Waals surface area (Å²) in [7, 11) is 3.94. The third-order valence-electron chi connectivity index (χ3n) is 4.93. The van der Waals surface area contributed by atoms with E-state index in [2.05, 4.69) is 19.2 Å². The van der Waals surface area contributed by atoms with Crippen LogP contribution in [0.25, 0.3) is 0 Å². The van der Waals surface area contributed by atoms with Crippen molar-refractivity contribution in [3.63, 3.8) is 0 Å². The third-order valence-corrected chi connectivity index (χ3v) is 4.93. The lowest BCUT2D eigenvalue weighted by molar-refractivity contribution is -0.142. The molecule has 1 unspecified atom stereocenters. The zero-order chi connectivity index (χ0) is 21.8. The van der Waals surface area contributed by atoms with Gasteiger partial charge in [-0.05, 0) is 49.2 Å². The van der Waals surface area contributed by atoms with Crippen LogP contribution in [-0.2, 0) is 11.3 Å². The maximum absolute atomic E-state index is 13.1. The lowest BCUT2D eigenvalue weighted by Gasteiger charge is -2.35. The molecule has 0 saturated heterocycles. The average molecular weight is 400 g/mol. The number of hydrogen-bond donors (Lipinski definition) is 1. The highest BCUT2D eigenvalue weighted by molar-refractivity contribution is 6.02. The molecule has 158 valence electrons. The number of benzene rings is 1. The zero-order valence-electron chi connectivity index (χ0n) is 18.6. The highest BCUT2D eigenvalue weighted by Crippen LogP contribution is 2.28. The predicted octanol–water partition coefficient (Wildman–Crippen LogP) is 4.77. The molecule has 6 nitrogen and oxygen atoms in total. The van der Waals surface area contributed by atoms with Gasteiger partial charge in [0.1, 0.15) is 0 Å². The Hall–Kier alpha value is -2.76. The SMILES string of the molecule is CCC(C)N(Cc1cc(NC(=O)c2ccco2)ccc1N(C)C)C(=O)C(C)(C)C. The molecule has 1 aromatic heterocycles. The summed E-state index contributed by atoms with van der Waals surface area (Å²) in [5.74, 6) is 0.0667. The highest BCUT2D eigenvalue weighted by atomic mass is 16.3. The fraction of sp³-hybridized carbons (Fsp3) is 0.478. The Labute approximate surface area is 173 Å². The minimum absolute atomic E-state index is 0.109. The summed E-state index contributed by atoms with van der Waals surface area (Å²) in [5.41, 5.74) is 2.19. The number of hydrogen-bond acceptors (Lipinski definition) is 4. The molecule has 6 heteroatoms. The summed E-state index contributed by atoms with van der Waals surface area (Å²) in [6.45, 7) is 10.5. The van der Waals surface area contributed by atoms with Crippen LogP contribution in [-0.4, -0.2) is 36.9 Å². The summed E-state index contributed by atoms with van der Waals surface area (Å²) in [5, 5.41) is 2.87. The van der Waals surface area contributed by atoms with E-state index in [4.69, 9.17) is 4.42 Å². The topological polar surface area (TPSA) is 65.8 Å². The first-order valence-corrected chi connectivity index (χ1v) is 10.0. The first-order valence-electron chi connectivity index (χ1n) is 10.0. The van der Waals surface area contributed by atoms with Crippen LogP contribution in [0.3, 0.4) is 0 Å². The van der Waals surface area contributed by atoms with Crippen LogP contribution in [0.5, 0.6) is 0 Å². The normalized spacial score (nSPS) is 12.4. The fourth-order valence-corrected chi connectivity index (χ4v) is 3.09. The molecule has 0 aliphatic rings. The predicted molar refractivity (Wildman–Crippen MR) is 117 cm³/mol. The number of amides is 2. The van der Waals surface area contributed by atoms with Gasteiger partial charge in [0.15, 0.2) is 5.76 Å². The molecular formula is C23H33N3O3. The molecule has 2 rings (SSSR count). The molecule has 1 heterocycles. The number of nitrogens with one attached hydrogen (secondary N) is 1. The first kappa shape index (κ1) is 22.5. The Morgan fingerprint density at radius 1 is 1.17 bits per heavy atom. The molecule has 29 heavy (non-hydrogen) atoms. The van der Waals surface area contributed by atoms with Gasteiger partial charge >= 0.3 is 0 Å². The Morgan fingerprint density at radius 2 is 1.86 bits per heavy atom. The van der Waals surface area contributed by atoms with Gasteiger partial charge < -0.3 is 19.5 Å². The van der Waals surface area contributed by atoms with Gasteiger partial charge in [-0.1, -0.05) is 27.7 Å². The Kier molecular flexibility index (Phi) is 7.11. The van der Waals surface area contributed by atoms with Crippen molar-refractivity contribution in [1.29, 1.82) is 0 Å². The van der Waals surface area contributed by atoms with E-state index in [0.717, 1.165) is 17.7 Å². The second kappa shape index (κ2) is 9.16. The Morgan fingerprint density at radius 3 is 2.38 bits per heavy atom. The van der Waals surface area contributed by atoms with E-state index in [0.29, 0.717) is 12.2 Å². The molecule has 0 aliphatic carbocycles. The summed E-state index contributed by atoms with van der Waals surface area (Å²) in [6.07, 6.45) is 2.34. The monoisotopic (exact) mass is 399 g/mol. The van der Waals surface area contributed by atoms with E-state index in [-0.39, 0.29) is 23.6 Å². The molecule has 2 aromatic rings. The van der Waals surface area contributed by atoms with E-state index in [1.54, 1.807) is 12.1 Å². The van der Waals surface area contributed by atoms with Crippen molar-refractivity contribution in [1.82, 2.24) is 4.90 Å². The molecule has 0 spiro atoms. The summed E-state index contributed by atoms with van der Waals surface area (Å²) < 4.78 is 5.17. The second-order valence-electron chi connectivity index (χ2n) is 8.61. The lowest BCUT2D eigenvalue weighted by Crippen LogP contribution is -2.44. The highest BCUT2D eigenvalue weighted by Gasteiger charge is 2.30. The van der Waals surface area contributed by atoms with Gasteiger partial charge in [-0.15, -0.1) is 0 Å². The van der Waals surface area contributed by atoms with E-state index in [1.807, 2.05) is 62.9 Å². The van der Waals surface area contributed by atoms with Crippen LogP contribution in [0.1, 0.15) is 57.2 Å². The van der Waals surface area contributed by atoms with Gasteiger partial charge in [0.25, 0.3) is 5.91 Å². The molecule has 0 aliphatic heterocycles. The molecule has 1 atom stereocenters. The summed E-state index contributed by atoms with van der Waals surface area (Å²) >= 11 is 0. The molecule has 0 radical (unpaired) electrons. The van der Waals surface area contributed by atoms with Crippen LogP contribution >= 0.6 is 0 Å². The molecule has 0 saturated carbocycles. The van der Waals surface area contributed by atoms with Crippen molar-refractivity contribution in [2.24, 2.45) is 5.41 Å². The van der Waals surface area contributed by atoms with Crippen molar-refractivity contribution >= 4 is 23.2 Å². The number of rotatable bonds is 7. The van der Waals surface area contributed by atoms with Crippen molar-refractivity contribution < 1.29 is 14.0 Å². The van der Waals surface area contributed by atoms with Crippen LogP contribution in [0.15, 0.2) is 41.0 Å². The van der Waals surface area contributed by atoms with Crippen molar-refractivity contribution in [2.75, 3.05) is 24.3 Å². The van der Waals surface area contributed by atoms with Crippen LogP contribution in [0, 0.1) is 5.41 Å². The number of nitrogens with zero attached hydrogens (tertiary/aromatic N) is 2. The largest absolute Gasteiger partial charge is 0.459 e. The molecule has 2 amide bonds. The molecule has 0 fully saturated rings. The van der Waals surface area contributed by atoms with Gasteiger partial charge in [0.2, 0.25) is 5.91 Å². The Balaban J connectivity index is 2.36. The van der Waals surface area contributed by atoms with Gasteiger partial charge in [-0.25, -0.2) is 0 Å². The maximum atomic E-state index is 13.1. The Bertz CT molecular complexity index is 836. The summed E-state index contributed by atoms with van der Waals surface area (Å²) in [4.78, 5) is 29.4. The van der Waals surface area contributed by atoms with Gasteiger partial charge in [0.05, 0.1) is 6.26 Å². The minimum Gasteiger partial charge on any atom is -0.459 e. The van der Waals surface area contributed by atoms with Crippen LogP contribution < -0.4 is 10.2 Å². The first-order chi connectivity index (χ1) is 13.5. The van der Waals surface area contributed by atoms with Gasteiger partial charge in [0, 0.05) is 43.5 Å². The molecular weight excluding hydrogens is 366 g/mol. The molecule has 1 aromatic carbocycles. The zero-order valence-corrected chi connectivity index (χ0v) is 18.6. The van der Waals surface area contributed by atoms with E-state index < -0.39 is 5.41 Å². The van der Waals surface area contributed by atoms with Crippen molar-refractivity contribution in [3.8, 4) is 0 Å². The van der Waals surface area contributed by atoms with E-state index in [1.165, 1.54) is 6.26 Å². The van der Waals surface area contributed by atoms with Gasteiger partial charge in [-0.2, -0.15) is 0 Å². The smallest absolute Gasteiger partial charge is 0.291 e. The summed E-state index contributed by atoms with van der Waals surface area (Å²) in [6, 6.07) is 9.16. The third kappa shape index (κ3) is 5.62. The van der Waals surface area contributed by atoms with E-state index in [9.17, 15) is 9.59 Å². The lowest BCUT2D eigenvalue weighted by atomic mass is 9.93. The number of carbonyl (C=O) groups excluding carboxylic acids is 2. The molecule has 0 bridgehead atoms. The van der Waals surface area contributed by atoms with Crippen LogP contribution in [0.4, 0.5) is 11.4 Å². The van der Waals surface area contributed by atoms with Crippen molar-refractivity contribution in [2.45, 2.75) is 53.6 Å². The quantitative estimate of drug-likeness (QED) is 0.728. The average Bonchev–Trinajstić information content (AvgIpc) is 3.19. The number of furan rings is 1. The van der Waals surface area contributed by atoms with E-state index >= 15 is 0 Å². The fourth-order valence-electron chi connectivity index (χ4n) is 3.09. The minimum atomic E-state index is -0.465. The van der Waals surface area contributed by atoms with Gasteiger partial charge in [-0.3, -0.25) is 9.59 Å². The molecule has 1 N–H and O–H groups in total. The van der Waals surface area contributed by atoms with Crippen molar-refractivity contribution in [3.05, 3.63) is 47.9 Å². The number of anilines is 2. The van der Waals surface area contributed by atoms with Crippen LogP contribution in [0.2, 0.25) is 0 Å². The standard InChI is InChI=1S/C23H33N3O3/c1-8-16(2)26(22(28)23(3,4)5)15-17-14-18(11-12-19(17)25(6)7)24-21(27)20-10-9-13-29-20/h9-14,16H,8,15H2,1-7H3,(H,24,27). The number of carbonyl (C=O) groups is 2. The second-order valence-corrected chi connectivity index (χ2v) is 8.61. The maximum Gasteiger partial charge on any atom is 0.291 e.